The Morgan fingerprint density at radius 2 is 2.04 bits per heavy atom. The van der Waals surface area contributed by atoms with Crippen LogP contribution in [0.2, 0.25) is 0 Å². The van der Waals surface area contributed by atoms with E-state index >= 15 is 0 Å². The summed E-state index contributed by atoms with van der Waals surface area (Å²) in [5.41, 5.74) is 1.43. The second-order valence-electron chi connectivity index (χ2n) is 5.89. The van der Waals surface area contributed by atoms with Gasteiger partial charge < -0.3 is 10.2 Å². The van der Waals surface area contributed by atoms with Crippen LogP contribution in [0.1, 0.15) is 6.42 Å². The number of rotatable bonds is 4. The van der Waals surface area contributed by atoms with Gasteiger partial charge in [0.2, 0.25) is 11.8 Å². The van der Waals surface area contributed by atoms with Crippen molar-refractivity contribution in [2.75, 3.05) is 16.8 Å². The van der Waals surface area contributed by atoms with Crippen LogP contribution in [0.25, 0.3) is 10.6 Å². The number of thiazole rings is 1. The average Bonchev–Trinajstić information content (AvgIpc) is 3.36. The van der Waals surface area contributed by atoms with Crippen molar-refractivity contribution in [2.24, 2.45) is 5.92 Å². The van der Waals surface area contributed by atoms with E-state index in [9.17, 15) is 14.0 Å². The lowest BCUT2D eigenvalue weighted by atomic mass is 10.1. The molecule has 1 aromatic carbocycles. The number of thiophene rings is 1. The number of aromatic nitrogens is 1. The van der Waals surface area contributed by atoms with Crippen molar-refractivity contribution in [3.63, 3.8) is 0 Å². The Bertz CT molecular complexity index is 938. The van der Waals surface area contributed by atoms with Gasteiger partial charge in [-0.3, -0.25) is 9.59 Å². The molecule has 0 spiro atoms. The summed E-state index contributed by atoms with van der Waals surface area (Å²) in [5.74, 6) is -1.19. The number of halogens is 1. The van der Waals surface area contributed by atoms with Crippen LogP contribution in [0.4, 0.5) is 15.2 Å². The van der Waals surface area contributed by atoms with Gasteiger partial charge in [-0.1, -0.05) is 6.07 Å². The molecule has 8 heteroatoms. The molecule has 0 saturated carbocycles. The van der Waals surface area contributed by atoms with Crippen LogP contribution < -0.4 is 10.2 Å². The molecule has 4 rings (SSSR count). The number of carbonyl (C=O) groups excluding carboxylic acids is 2. The Hall–Kier alpha value is -2.58. The van der Waals surface area contributed by atoms with Gasteiger partial charge in [-0.15, -0.1) is 22.7 Å². The number of hydrogen-bond donors (Lipinski definition) is 1. The molecule has 0 aliphatic carbocycles. The van der Waals surface area contributed by atoms with E-state index in [1.807, 2.05) is 22.9 Å². The van der Waals surface area contributed by atoms with Gasteiger partial charge in [-0.25, -0.2) is 9.37 Å². The largest absolute Gasteiger partial charge is 0.312 e. The molecule has 1 N–H and O–H groups in total. The first-order valence-corrected chi connectivity index (χ1v) is 9.72. The van der Waals surface area contributed by atoms with Crippen molar-refractivity contribution in [1.29, 1.82) is 0 Å². The highest BCUT2D eigenvalue weighted by molar-refractivity contribution is 7.16. The van der Waals surface area contributed by atoms with Crippen LogP contribution in [-0.2, 0) is 9.59 Å². The minimum absolute atomic E-state index is 0.131. The summed E-state index contributed by atoms with van der Waals surface area (Å²) in [4.78, 5) is 31.7. The van der Waals surface area contributed by atoms with Crippen molar-refractivity contribution in [2.45, 2.75) is 6.42 Å². The second-order valence-corrected chi connectivity index (χ2v) is 7.69. The summed E-state index contributed by atoms with van der Waals surface area (Å²) in [5, 5.41) is 7.19. The molecule has 3 heterocycles. The molecule has 2 amide bonds. The number of carbonyl (C=O) groups is 2. The van der Waals surface area contributed by atoms with Crippen molar-refractivity contribution < 1.29 is 14.0 Å². The van der Waals surface area contributed by atoms with Crippen molar-refractivity contribution >= 4 is 45.3 Å². The predicted molar refractivity (Wildman–Crippen MR) is 101 cm³/mol. The summed E-state index contributed by atoms with van der Waals surface area (Å²) >= 11 is 2.94. The molecule has 1 atom stereocenters. The molecule has 3 aromatic rings. The standard InChI is InChI=1S/C18H14FN3O2S2/c19-12-3-5-13(6-4-12)22-9-11(8-16(22)23)17(24)21-18-20-14(10-26-18)15-2-1-7-25-15/h1-7,10-11H,8-9H2,(H,20,21,24)/t11-/m1/s1. The normalized spacial score (nSPS) is 16.9. The van der Waals surface area contributed by atoms with Crippen molar-refractivity contribution in [3.05, 3.63) is 53.0 Å². The summed E-state index contributed by atoms with van der Waals surface area (Å²) < 4.78 is 13.0. The van der Waals surface area contributed by atoms with E-state index in [2.05, 4.69) is 10.3 Å². The molecule has 1 saturated heterocycles. The minimum atomic E-state index is -0.457. The van der Waals surface area contributed by atoms with Crippen LogP contribution in [0, 0.1) is 11.7 Å². The third-order valence-corrected chi connectivity index (χ3v) is 5.79. The fourth-order valence-corrected chi connectivity index (χ4v) is 4.30. The lowest BCUT2D eigenvalue weighted by Gasteiger charge is -2.16. The van der Waals surface area contributed by atoms with Crippen molar-refractivity contribution in [3.8, 4) is 10.6 Å². The zero-order valence-corrected chi connectivity index (χ0v) is 15.1. The Kier molecular flexibility index (Phi) is 4.52. The Labute approximate surface area is 157 Å². The molecule has 2 aromatic heterocycles. The summed E-state index contributed by atoms with van der Waals surface area (Å²) in [7, 11) is 0. The Morgan fingerprint density at radius 3 is 2.77 bits per heavy atom. The van der Waals surface area contributed by atoms with E-state index in [0.717, 1.165) is 10.6 Å². The molecule has 132 valence electrons. The first kappa shape index (κ1) is 16.9. The summed E-state index contributed by atoms with van der Waals surface area (Å²) in [6, 6.07) is 9.62. The third kappa shape index (κ3) is 3.38. The quantitative estimate of drug-likeness (QED) is 0.736. The molecule has 1 aliphatic heterocycles. The van der Waals surface area contributed by atoms with Gasteiger partial charge in [0.1, 0.15) is 5.82 Å². The third-order valence-electron chi connectivity index (χ3n) is 4.14. The zero-order chi connectivity index (χ0) is 18.1. The Morgan fingerprint density at radius 1 is 1.23 bits per heavy atom. The maximum atomic E-state index is 13.0. The number of nitrogens with zero attached hydrogens (tertiary/aromatic N) is 2. The molecule has 26 heavy (non-hydrogen) atoms. The second kappa shape index (κ2) is 6.97. The fourth-order valence-electron chi connectivity index (χ4n) is 2.83. The van der Waals surface area contributed by atoms with E-state index in [1.165, 1.54) is 28.4 Å². The maximum Gasteiger partial charge on any atom is 0.231 e. The van der Waals surface area contributed by atoms with Gasteiger partial charge in [0, 0.05) is 24.0 Å². The minimum Gasteiger partial charge on any atom is -0.312 e. The number of anilines is 2. The molecular formula is C18H14FN3O2S2. The Balaban J connectivity index is 1.43. The zero-order valence-electron chi connectivity index (χ0n) is 13.5. The molecule has 1 aliphatic rings. The predicted octanol–water partition coefficient (Wildman–Crippen LogP) is 4.00. The molecule has 0 unspecified atom stereocenters. The van der Waals surface area contributed by atoms with E-state index in [0.29, 0.717) is 10.8 Å². The van der Waals surface area contributed by atoms with Crippen LogP contribution in [0.5, 0.6) is 0 Å². The molecule has 1 fully saturated rings. The van der Waals surface area contributed by atoms with E-state index in [1.54, 1.807) is 23.5 Å². The monoisotopic (exact) mass is 387 g/mol. The van der Waals surface area contributed by atoms with Crippen LogP contribution >= 0.6 is 22.7 Å². The topological polar surface area (TPSA) is 62.3 Å². The van der Waals surface area contributed by atoms with Gasteiger partial charge in [-0.05, 0) is 35.7 Å². The first-order chi connectivity index (χ1) is 12.6. The SMILES string of the molecule is O=C(Nc1nc(-c2cccs2)cs1)[C@@H]1CC(=O)N(c2ccc(F)cc2)C1. The number of nitrogens with one attached hydrogen (secondary N) is 1. The van der Waals surface area contributed by atoms with Crippen LogP contribution in [0.3, 0.4) is 0 Å². The number of hydrogen-bond acceptors (Lipinski definition) is 5. The summed E-state index contributed by atoms with van der Waals surface area (Å²) in [6.45, 7) is 0.277. The highest BCUT2D eigenvalue weighted by Crippen LogP contribution is 2.30. The van der Waals surface area contributed by atoms with Gasteiger partial charge in [0.25, 0.3) is 0 Å². The highest BCUT2D eigenvalue weighted by atomic mass is 32.1. The number of amides is 2. The van der Waals surface area contributed by atoms with Gasteiger partial charge >= 0.3 is 0 Å². The van der Waals surface area contributed by atoms with Gasteiger partial charge in [0.05, 0.1) is 16.5 Å². The van der Waals surface area contributed by atoms with Crippen LogP contribution in [0.15, 0.2) is 47.2 Å². The van der Waals surface area contributed by atoms with E-state index in [4.69, 9.17) is 0 Å². The van der Waals surface area contributed by atoms with Crippen LogP contribution in [-0.4, -0.2) is 23.3 Å². The van der Waals surface area contributed by atoms with E-state index < -0.39 is 5.92 Å². The molecule has 0 bridgehead atoms. The van der Waals surface area contributed by atoms with Crippen molar-refractivity contribution in [1.82, 2.24) is 4.98 Å². The smallest absolute Gasteiger partial charge is 0.231 e. The molecule has 5 nitrogen and oxygen atoms in total. The lowest BCUT2D eigenvalue weighted by molar-refractivity contribution is -0.122. The van der Waals surface area contributed by atoms with E-state index in [-0.39, 0.29) is 30.6 Å². The van der Waals surface area contributed by atoms with Gasteiger partial charge in [0.15, 0.2) is 5.13 Å². The fraction of sp³-hybridized carbons (Fsp3) is 0.167. The highest BCUT2D eigenvalue weighted by Gasteiger charge is 2.35. The number of benzene rings is 1. The average molecular weight is 387 g/mol. The summed E-state index contributed by atoms with van der Waals surface area (Å²) in [6.07, 6.45) is 0.131. The first-order valence-electron chi connectivity index (χ1n) is 7.96. The molecule has 0 radical (unpaired) electrons. The maximum absolute atomic E-state index is 13.0. The molecular weight excluding hydrogens is 373 g/mol. The lowest BCUT2D eigenvalue weighted by Crippen LogP contribution is -2.28. The van der Waals surface area contributed by atoms with Gasteiger partial charge in [-0.2, -0.15) is 0 Å².